The van der Waals surface area contributed by atoms with Gasteiger partial charge in [0.25, 0.3) is 0 Å². The van der Waals surface area contributed by atoms with E-state index in [1.165, 1.54) is 31.2 Å². The molecule has 0 radical (unpaired) electrons. The van der Waals surface area contributed by atoms with Crippen molar-refractivity contribution in [3.8, 4) is 0 Å². The van der Waals surface area contributed by atoms with Gasteiger partial charge in [-0.2, -0.15) is 0 Å². The summed E-state index contributed by atoms with van der Waals surface area (Å²) in [7, 11) is 0. The van der Waals surface area contributed by atoms with Gasteiger partial charge in [0.1, 0.15) is 0 Å². The Kier molecular flexibility index (Phi) is 2.39. The van der Waals surface area contributed by atoms with Gasteiger partial charge in [0.2, 0.25) is 0 Å². The fraction of sp³-hybridized carbons (Fsp3) is 0.538. The number of hydrogen-bond donors (Lipinski definition) is 0. The molecular weight excluding hydrogens is 156 g/mol. The molecule has 1 aromatic carbocycles. The Morgan fingerprint density at radius 1 is 1.23 bits per heavy atom. The van der Waals surface area contributed by atoms with Crippen molar-refractivity contribution in [2.45, 2.75) is 39.5 Å². The highest BCUT2D eigenvalue weighted by Gasteiger charge is 2.12. The van der Waals surface area contributed by atoms with Crippen LogP contribution in [-0.4, -0.2) is 0 Å². The molecule has 0 saturated carbocycles. The summed E-state index contributed by atoms with van der Waals surface area (Å²) in [5.74, 6) is 0.879. The van der Waals surface area contributed by atoms with Crippen LogP contribution in [0.15, 0.2) is 18.2 Å². The van der Waals surface area contributed by atoms with Crippen molar-refractivity contribution in [2.75, 3.05) is 0 Å². The van der Waals surface area contributed by atoms with Gasteiger partial charge in [0.15, 0.2) is 0 Å². The van der Waals surface area contributed by atoms with Crippen LogP contribution in [0.25, 0.3) is 0 Å². The summed E-state index contributed by atoms with van der Waals surface area (Å²) in [6.07, 6.45) is 5.35. The van der Waals surface area contributed by atoms with Crippen LogP contribution in [0.2, 0.25) is 0 Å². The predicted octanol–water partition coefficient (Wildman–Crippen LogP) is 3.51. The lowest BCUT2D eigenvalue weighted by Gasteiger charge is -2.08. The van der Waals surface area contributed by atoms with E-state index in [1.807, 2.05) is 0 Å². The van der Waals surface area contributed by atoms with Crippen molar-refractivity contribution < 1.29 is 0 Å². The molecule has 0 nitrogen and oxygen atoms in total. The highest BCUT2D eigenvalue weighted by atomic mass is 14.2. The van der Waals surface area contributed by atoms with Gasteiger partial charge in [-0.3, -0.25) is 0 Å². The van der Waals surface area contributed by atoms with Gasteiger partial charge >= 0.3 is 0 Å². The third-order valence-electron chi connectivity index (χ3n) is 3.07. The van der Waals surface area contributed by atoms with E-state index >= 15 is 0 Å². The number of aryl methyl sites for hydroxylation is 2. The van der Waals surface area contributed by atoms with Crippen LogP contribution in [0.4, 0.5) is 0 Å². The first kappa shape index (κ1) is 8.80. The van der Waals surface area contributed by atoms with Crippen LogP contribution in [0.1, 0.15) is 36.5 Å². The normalized spacial score (nSPS) is 22.2. The van der Waals surface area contributed by atoms with E-state index in [1.54, 1.807) is 11.1 Å². The molecule has 0 saturated heterocycles. The maximum absolute atomic E-state index is 2.37. The van der Waals surface area contributed by atoms with E-state index in [9.17, 15) is 0 Å². The van der Waals surface area contributed by atoms with Crippen LogP contribution in [0.3, 0.4) is 0 Å². The molecule has 13 heavy (non-hydrogen) atoms. The maximum Gasteiger partial charge on any atom is -0.0250 e. The fourth-order valence-electron chi connectivity index (χ4n) is 2.31. The molecule has 0 N–H and O–H groups in total. The smallest absolute Gasteiger partial charge is 0.0250 e. The van der Waals surface area contributed by atoms with Crippen molar-refractivity contribution in [3.63, 3.8) is 0 Å². The summed E-state index contributed by atoms with van der Waals surface area (Å²) in [6.45, 7) is 4.56. The number of rotatable bonds is 0. The summed E-state index contributed by atoms with van der Waals surface area (Å²) in [6, 6.07) is 6.94. The molecule has 0 aromatic heterocycles. The third kappa shape index (κ3) is 1.93. The van der Waals surface area contributed by atoms with Gasteiger partial charge in [-0.15, -0.1) is 0 Å². The zero-order valence-electron chi connectivity index (χ0n) is 8.64. The topological polar surface area (TPSA) is 0 Å². The minimum absolute atomic E-state index is 0.879. The van der Waals surface area contributed by atoms with E-state index in [2.05, 4.69) is 32.0 Å². The van der Waals surface area contributed by atoms with Crippen LogP contribution < -0.4 is 0 Å². The second-order valence-corrected chi connectivity index (χ2v) is 4.47. The number of benzene rings is 1. The van der Waals surface area contributed by atoms with Crippen molar-refractivity contribution in [2.24, 2.45) is 5.92 Å². The lowest BCUT2D eigenvalue weighted by Crippen LogP contribution is -1.97. The molecule has 0 bridgehead atoms. The Morgan fingerprint density at radius 3 is 2.92 bits per heavy atom. The van der Waals surface area contributed by atoms with Crippen molar-refractivity contribution >= 4 is 0 Å². The van der Waals surface area contributed by atoms with E-state index < -0.39 is 0 Å². The van der Waals surface area contributed by atoms with Gasteiger partial charge < -0.3 is 0 Å². The van der Waals surface area contributed by atoms with Gasteiger partial charge in [-0.1, -0.05) is 37.1 Å². The molecular formula is C13H18. The molecule has 0 fully saturated rings. The Bertz CT molecular complexity index is 299. The van der Waals surface area contributed by atoms with Crippen LogP contribution in [0, 0.1) is 12.8 Å². The monoisotopic (exact) mass is 174 g/mol. The largest absolute Gasteiger partial charge is 0.0622 e. The van der Waals surface area contributed by atoms with Crippen molar-refractivity contribution in [3.05, 3.63) is 34.9 Å². The molecule has 1 aliphatic carbocycles. The number of hydrogen-bond acceptors (Lipinski definition) is 0. The summed E-state index contributed by atoms with van der Waals surface area (Å²) in [4.78, 5) is 0. The second-order valence-electron chi connectivity index (χ2n) is 4.47. The Hall–Kier alpha value is -0.780. The lowest BCUT2D eigenvalue weighted by molar-refractivity contribution is 0.526. The van der Waals surface area contributed by atoms with Crippen molar-refractivity contribution in [1.29, 1.82) is 0 Å². The lowest BCUT2D eigenvalue weighted by atomic mass is 9.97. The quantitative estimate of drug-likeness (QED) is 0.528. The van der Waals surface area contributed by atoms with Gasteiger partial charge in [-0.05, 0) is 43.2 Å². The highest BCUT2D eigenvalue weighted by Crippen LogP contribution is 2.24. The van der Waals surface area contributed by atoms with Crippen LogP contribution >= 0.6 is 0 Å². The summed E-state index contributed by atoms with van der Waals surface area (Å²) >= 11 is 0. The van der Waals surface area contributed by atoms with E-state index in [-0.39, 0.29) is 0 Å². The molecule has 0 aliphatic heterocycles. The van der Waals surface area contributed by atoms with E-state index in [0.717, 1.165) is 5.92 Å². The Morgan fingerprint density at radius 2 is 2.08 bits per heavy atom. The first-order valence-corrected chi connectivity index (χ1v) is 5.34. The molecule has 1 aromatic rings. The molecule has 0 amide bonds. The maximum atomic E-state index is 2.37. The summed E-state index contributed by atoms with van der Waals surface area (Å²) in [5, 5.41) is 0. The molecule has 1 aliphatic rings. The minimum Gasteiger partial charge on any atom is -0.0622 e. The van der Waals surface area contributed by atoms with Gasteiger partial charge in [0, 0.05) is 0 Å². The number of fused-ring (bicyclic) bond motifs is 1. The standard InChI is InChI=1S/C13H18/c1-10-4-3-5-12-9-11(2)6-7-13(12)8-10/h6-7,9-10H,3-5,8H2,1-2H3. The molecule has 1 atom stereocenters. The third-order valence-corrected chi connectivity index (χ3v) is 3.07. The zero-order chi connectivity index (χ0) is 9.26. The zero-order valence-corrected chi connectivity index (χ0v) is 8.64. The average Bonchev–Trinajstić information content (AvgIpc) is 2.25. The van der Waals surface area contributed by atoms with Crippen LogP contribution in [0.5, 0.6) is 0 Å². The van der Waals surface area contributed by atoms with E-state index in [4.69, 9.17) is 0 Å². The average molecular weight is 174 g/mol. The molecule has 1 unspecified atom stereocenters. The molecule has 0 heteroatoms. The van der Waals surface area contributed by atoms with Gasteiger partial charge in [0.05, 0.1) is 0 Å². The summed E-state index contributed by atoms with van der Waals surface area (Å²) in [5.41, 5.74) is 4.60. The Labute approximate surface area is 81.0 Å². The molecule has 0 spiro atoms. The van der Waals surface area contributed by atoms with Gasteiger partial charge in [-0.25, -0.2) is 0 Å². The predicted molar refractivity (Wildman–Crippen MR) is 57.0 cm³/mol. The first-order valence-electron chi connectivity index (χ1n) is 5.34. The second kappa shape index (κ2) is 3.53. The van der Waals surface area contributed by atoms with Crippen molar-refractivity contribution in [1.82, 2.24) is 0 Å². The highest BCUT2D eigenvalue weighted by molar-refractivity contribution is 5.32. The molecule has 70 valence electrons. The van der Waals surface area contributed by atoms with E-state index in [0.29, 0.717) is 0 Å². The first-order chi connectivity index (χ1) is 6.25. The van der Waals surface area contributed by atoms with Crippen LogP contribution in [-0.2, 0) is 12.8 Å². The minimum atomic E-state index is 0.879. The molecule has 2 rings (SSSR count). The molecule has 0 heterocycles. The Balaban J connectivity index is 2.34. The fourth-order valence-corrected chi connectivity index (χ4v) is 2.31. The summed E-state index contributed by atoms with van der Waals surface area (Å²) < 4.78 is 0. The SMILES string of the molecule is Cc1ccc2c(c1)CCCC(C)C2.